The second-order valence-electron chi connectivity index (χ2n) is 6.05. The van der Waals surface area contributed by atoms with Crippen molar-refractivity contribution in [3.8, 4) is 5.75 Å². The summed E-state index contributed by atoms with van der Waals surface area (Å²) in [6, 6.07) is 8.80. The van der Waals surface area contributed by atoms with Crippen LogP contribution in [-0.4, -0.2) is 12.1 Å². The van der Waals surface area contributed by atoms with Crippen LogP contribution in [-0.2, 0) is 13.1 Å². The Bertz CT molecular complexity index is 618. The molecule has 0 aliphatic carbocycles. The van der Waals surface area contributed by atoms with Gasteiger partial charge in [-0.2, -0.15) is 0 Å². The van der Waals surface area contributed by atoms with Gasteiger partial charge in [-0.25, -0.2) is 0 Å². The molecule has 1 aromatic heterocycles. The van der Waals surface area contributed by atoms with Gasteiger partial charge in [0.15, 0.2) is 0 Å². The molecule has 0 unspecified atom stereocenters. The first-order valence-electron chi connectivity index (χ1n) is 7.81. The summed E-state index contributed by atoms with van der Waals surface area (Å²) in [6.45, 7) is 10.1. The van der Waals surface area contributed by atoms with Gasteiger partial charge in [0.1, 0.15) is 5.75 Å². The van der Waals surface area contributed by atoms with Crippen LogP contribution in [0, 0.1) is 13.8 Å². The molecule has 22 heavy (non-hydrogen) atoms. The van der Waals surface area contributed by atoms with E-state index in [0.29, 0.717) is 5.92 Å². The van der Waals surface area contributed by atoms with E-state index in [1.54, 1.807) is 7.11 Å². The number of rotatable bonds is 6. The summed E-state index contributed by atoms with van der Waals surface area (Å²) < 4.78 is 5.45. The fraction of sp³-hybridized carbons (Fsp3) is 0.421. The predicted molar refractivity (Wildman–Crippen MR) is 91.3 cm³/mol. The second kappa shape index (κ2) is 7.41. The van der Waals surface area contributed by atoms with Crippen LogP contribution in [0.3, 0.4) is 0 Å². The highest BCUT2D eigenvalue weighted by molar-refractivity contribution is 5.41. The van der Waals surface area contributed by atoms with Gasteiger partial charge in [0, 0.05) is 30.4 Å². The molecule has 1 heterocycles. The molecule has 0 spiro atoms. The van der Waals surface area contributed by atoms with Crippen molar-refractivity contribution in [3.63, 3.8) is 0 Å². The molecule has 2 aromatic rings. The van der Waals surface area contributed by atoms with Crippen molar-refractivity contribution in [1.29, 1.82) is 0 Å². The molecule has 0 saturated carbocycles. The number of nitrogens with zero attached hydrogens (tertiary/aromatic N) is 1. The number of aryl methyl sites for hydroxylation is 1. The number of ether oxygens (including phenoxy) is 1. The van der Waals surface area contributed by atoms with Crippen LogP contribution in [0.5, 0.6) is 5.75 Å². The minimum Gasteiger partial charge on any atom is -0.496 e. The van der Waals surface area contributed by atoms with Crippen LogP contribution in [0.4, 0.5) is 0 Å². The lowest BCUT2D eigenvalue weighted by Crippen LogP contribution is -2.15. The Morgan fingerprint density at radius 3 is 2.36 bits per heavy atom. The summed E-state index contributed by atoms with van der Waals surface area (Å²) in [7, 11) is 1.71. The molecule has 0 aliphatic rings. The van der Waals surface area contributed by atoms with E-state index < -0.39 is 0 Å². The Balaban J connectivity index is 1.96. The lowest BCUT2D eigenvalue weighted by atomic mass is 10.0. The van der Waals surface area contributed by atoms with Gasteiger partial charge in [-0.3, -0.25) is 4.98 Å². The van der Waals surface area contributed by atoms with Gasteiger partial charge in [-0.05, 0) is 30.9 Å². The standard InChI is InChI=1S/C19H26N2O/c1-13(2)17-8-6-16(7-9-17)11-20-12-18-15(4)19(22-5)14(3)10-21-18/h6-10,13,20H,11-12H2,1-5H3. The zero-order chi connectivity index (χ0) is 16.1. The summed E-state index contributed by atoms with van der Waals surface area (Å²) in [5.41, 5.74) is 5.91. The van der Waals surface area contributed by atoms with E-state index in [2.05, 4.69) is 55.3 Å². The number of hydrogen-bond acceptors (Lipinski definition) is 3. The molecular weight excluding hydrogens is 272 g/mol. The van der Waals surface area contributed by atoms with Crippen molar-refractivity contribution in [1.82, 2.24) is 10.3 Å². The molecule has 3 nitrogen and oxygen atoms in total. The molecule has 2 rings (SSSR count). The quantitative estimate of drug-likeness (QED) is 0.871. The minimum absolute atomic E-state index is 0.578. The fourth-order valence-corrected chi connectivity index (χ4v) is 2.59. The molecule has 1 N–H and O–H groups in total. The summed E-state index contributed by atoms with van der Waals surface area (Å²) in [5.74, 6) is 1.52. The molecule has 0 amide bonds. The molecule has 3 heteroatoms. The average Bonchev–Trinajstić information content (AvgIpc) is 2.50. The lowest BCUT2D eigenvalue weighted by molar-refractivity contribution is 0.406. The van der Waals surface area contributed by atoms with E-state index in [-0.39, 0.29) is 0 Å². The largest absolute Gasteiger partial charge is 0.496 e. The third kappa shape index (κ3) is 3.86. The Hall–Kier alpha value is -1.87. The smallest absolute Gasteiger partial charge is 0.128 e. The summed E-state index contributed by atoms with van der Waals surface area (Å²) in [5, 5.41) is 3.46. The van der Waals surface area contributed by atoms with Crippen LogP contribution in [0.1, 0.15) is 47.7 Å². The monoisotopic (exact) mass is 298 g/mol. The van der Waals surface area contributed by atoms with Crippen LogP contribution >= 0.6 is 0 Å². The number of methoxy groups -OCH3 is 1. The third-order valence-corrected chi connectivity index (χ3v) is 4.02. The second-order valence-corrected chi connectivity index (χ2v) is 6.05. The maximum atomic E-state index is 5.45. The van der Waals surface area contributed by atoms with Crippen molar-refractivity contribution in [3.05, 3.63) is 58.4 Å². The van der Waals surface area contributed by atoms with E-state index in [4.69, 9.17) is 4.74 Å². The maximum Gasteiger partial charge on any atom is 0.128 e. The first kappa shape index (κ1) is 16.5. The van der Waals surface area contributed by atoms with Crippen molar-refractivity contribution >= 4 is 0 Å². The molecule has 1 aromatic carbocycles. The molecular formula is C19H26N2O. The van der Waals surface area contributed by atoms with E-state index in [1.807, 2.05) is 13.1 Å². The van der Waals surface area contributed by atoms with Gasteiger partial charge in [-0.1, -0.05) is 38.1 Å². The first-order valence-corrected chi connectivity index (χ1v) is 7.81. The minimum atomic E-state index is 0.578. The Morgan fingerprint density at radius 1 is 1.09 bits per heavy atom. The number of pyridine rings is 1. The van der Waals surface area contributed by atoms with Crippen LogP contribution < -0.4 is 10.1 Å². The van der Waals surface area contributed by atoms with Crippen molar-refractivity contribution in [2.24, 2.45) is 0 Å². The van der Waals surface area contributed by atoms with Crippen LogP contribution in [0.25, 0.3) is 0 Å². The number of nitrogens with one attached hydrogen (secondary N) is 1. The normalized spacial score (nSPS) is 11.0. The van der Waals surface area contributed by atoms with Crippen molar-refractivity contribution < 1.29 is 4.74 Å². The fourth-order valence-electron chi connectivity index (χ4n) is 2.59. The SMILES string of the molecule is COc1c(C)cnc(CNCc2ccc(C(C)C)cc2)c1C. The molecule has 0 bridgehead atoms. The number of hydrogen-bond donors (Lipinski definition) is 1. The molecule has 0 aliphatic heterocycles. The van der Waals surface area contributed by atoms with Crippen LogP contribution in [0.2, 0.25) is 0 Å². The van der Waals surface area contributed by atoms with Gasteiger partial charge >= 0.3 is 0 Å². The van der Waals surface area contributed by atoms with Gasteiger partial charge in [0.2, 0.25) is 0 Å². The number of benzene rings is 1. The van der Waals surface area contributed by atoms with E-state index >= 15 is 0 Å². The van der Waals surface area contributed by atoms with E-state index in [9.17, 15) is 0 Å². The van der Waals surface area contributed by atoms with E-state index in [0.717, 1.165) is 35.7 Å². The number of aromatic nitrogens is 1. The maximum absolute atomic E-state index is 5.45. The zero-order valence-corrected chi connectivity index (χ0v) is 14.2. The Kier molecular flexibility index (Phi) is 5.56. The molecule has 0 atom stereocenters. The highest BCUT2D eigenvalue weighted by Crippen LogP contribution is 2.23. The van der Waals surface area contributed by atoms with Crippen molar-refractivity contribution in [2.75, 3.05) is 7.11 Å². The summed E-state index contributed by atoms with van der Waals surface area (Å²) in [6.07, 6.45) is 1.88. The van der Waals surface area contributed by atoms with Gasteiger partial charge in [0.25, 0.3) is 0 Å². The highest BCUT2D eigenvalue weighted by Gasteiger charge is 2.09. The van der Waals surface area contributed by atoms with Gasteiger partial charge in [-0.15, -0.1) is 0 Å². The molecule has 118 valence electrons. The van der Waals surface area contributed by atoms with Gasteiger partial charge < -0.3 is 10.1 Å². The molecule has 0 saturated heterocycles. The summed E-state index contributed by atoms with van der Waals surface area (Å²) in [4.78, 5) is 4.51. The molecule has 0 radical (unpaired) electrons. The van der Waals surface area contributed by atoms with E-state index in [1.165, 1.54) is 11.1 Å². The topological polar surface area (TPSA) is 34.1 Å². The lowest BCUT2D eigenvalue weighted by Gasteiger charge is -2.13. The Labute approximate surface area is 133 Å². The van der Waals surface area contributed by atoms with Gasteiger partial charge in [0.05, 0.1) is 12.8 Å². The summed E-state index contributed by atoms with van der Waals surface area (Å²) >= 11 is 0. The highest BCUT2D eigenvalue weighted by atomic mass is 16.5. The zero-order valence-electron chi connectivity index (χ0n) is 14.2. The third-order valence-electron chi connectivity index (χ3n) is 4.02. The predicted octanol–water partition coefficient (Wildman–Crippen LogP) is 4.12. The Morgan fingerprint density at radius 2 is 1.77 bits per heavy atom. The molecule has 0 fully saturated rings. The average molecular weight is 298 g/mol. The first-order chi connectivity index (χ1) is 10.5. The van der Waals surface area contributed by atoms with Crippen LogP contribution in [0.15, 0.2) is 30.5 Å². The van der Waals surface area contributed by atoms with Crippen molar-refractivity contribution in [2.45, 2.75) is 46.7 Å².